The van der Waals surface area contributed by atoms with Gasteiger partial charge in [0.05, 0.1) is 5.52 Å². The highest BCUT2D eigenvalue weighted by molar-refractivity contribution is 5.89. The Kier molecular flexibility index (Phi) is 12.6. The van der Waals surface area contributed by atoms with E-state index in [0.29, 0.717) is 0 Å². The van der Waals surface area contributed by atoms with Crippen LogP contribution < -0.4 is 4.90 Å². The third kappa shape index (κ3) is 10.2. The van der Waals surface area contributed by atoms with Crippen LogP contribution in [0.1, 0.15) is 114 Å². The topological polar surface area (TPSA) is 29.0 Å². The second-order valence-corrected chi connectivity index (χ2v) is 12.4. The van der Waals surface area contributed by atoms with Gasteiger partial charge in [-0.15, -0.1) is 0 Å². The third-order valence-electron chi connectivity index (χ3n) is 8.95. The molecular formula is C36H53N3. The molecule has 2 aromatic carbocycles. The van der Waals surface area contributed by atoms with Gasteiger partial charge in [0, 0.05) is 25.9 Å². The molecule has 1 aliphatic rings. The van der Waals surface area contributed by atoms with Gasteiger partial charge in [-0.05, 0) is 48.8 Å². The van der Waals surface area contributed by atoms with Crippen molar-refractivity contribution in [1.29, 1.82) is 0 Å². The third-order valence-corrected chi connectivity index (χ3v) is 8.95. The molecule has 1 saturated carbocycles. The fourth-order valence-corrected chi connectivity index (χ4v) is 6.56. The van der Waals surface area contributed by atoms with Crippen LogP contribution in [0.25, 0.3) is 10.9 Å². The van der Waals surface area contributed by atoms with E-state index < -0.39 is 0 Å². The number of benzene rings is 2. The van der Waals surface area contributed by atoms with E-state index >= 15 is 0 Å². The highest BCUT2D eigenvalue weighted by Crippen LogP contribution is 2.34. The Labute approximate surface area is 238 Å². The molecule has 1 fully saturated rings. The molecule has 0 radical (unpaired) electrons. The number of fused-ring (bicyclic) bond motifs is 1. The van der Waals surface area contributed by atoms with Gasteiger partial charge in [0.2, 0.25) is 0 Å². The maximum Gasteiger partial charge on any atom is 0.139 e. The van der Waals surface area contributed by atoms with Crippen molar-refractivity contribution in [1.82, 2.24) is 9.97 Å². The summed E-state index contributed by atoms with van der Waals surface area (Å²) in [5.74, 6) is 3.97. The number of aromatic nitrogens is 2. The van der Waals surface area contributed by atoms with E-state index in [4.69, 9.17) is 9.97 Å². The summed E-state index contributed by atoms with van der Waals surface area (Å²) in [7, 11) is 4.15. The van der Waals surface area contributed by atoms with Gasteiger partial charge in [-0.2, -0.15) is 0 Å². The first-order valence-corrected chi connectivity index (χ1v) is 16.2. The minimum atomic E-state index is 0.919. The lowest BCUT2D eigenvalue weighted by molar-refractivity contribution is 0.245. The minimum absolute atomic E-state index is 0.919. The molecule has 1 aromatic heterocycles. The van der Waals surface area contributed by atoms with Crippen molar-refractivity contribution in [3.05, 3.63) is 66.0 Å². The minimum Gasteiger partial charge on any atom is -0.362 e. The number of unbranched alkanes of at least 4 members (excludes halogenated alkanes) is 8. The van der Waals surface area contributed by atoms with Gasteiger partial charge in [0.1, 0.15) is 11.6 Å². The summed E-state index contributed by atoms with van der Waals surface area (Å²) in [4.78, 5) is 11.9. The Bertz CT molecular complexity index is 1070. The van der Waals surface area contributed by atoms with E-state index in [1.165, 1.54) is 115 Å². The fourth-order valence-electron chi connectivity index (χ4n) is 6.56. The molecule has 0 atom stereocenters. The average molecular weight is 528 g/mol. The SMILES string of the molecule is CN(C)c1nc(CCCC2CCC(CCCCCCCCCCCc3ccccc3)CC2)nc2ccccc12. The van der Waals surface area contributed by atoms with Gasteiger partial charge in [-0.25, -0.2) is 9.97 Å². The Morgan fingerprint density at radius 1 is 0.590 bits per heavy atom. The summed E-state index contributed by atoms with van der Waals surface area (Å²) in [6.45, 7) is 0. The van der Waals surface area contributed by atoms with Crippen molar-refractivity contribution in [3.8, 4) is 0 Å². The molecule has 3 aromatic rings. The molecule has 1 heterocycles. The summed E-state index contributed by atoms with van der Waals surface area (Å²) in [6.07, 6.45) is 24.9. The predicted molar refractivity (Wildman–Crippen MR) is 169 cm³/mol. The molecule has 0 spiro atoms. The number of aryl methyl sites for hydroxylation is 2. The molecule has 3 heteroatoms. The first-order chi connectivity index (χ1) is 19.2. The lowest BCUT2D eigenvalue weighted by atomic mass is 9.78. The lowest BCUT2D eigenvalue weighted by Gasteiger charge is -2.28. The van der Waals surface area contributed by atoms with Gasteiger partial charge >= 0.3 is 0 Å². The second-order valence-electron chi connectivity index (χ2n) is 12.4. The van der Waals surface area contributed by atoms with Crippen LogP contribution in [0, 0.1) is 11.8 Å². The zero-order valence-electron chi connectivity index (χ0n) is 24.9. The van der Waals surface area contributed by atoms with Crippen LogP contribution in [0.2, 0.25) is 0 Å². The van der Waals surface area contributed by atoms with Gasteiger partial charge in [0.15, 0.2) is 0 Å². The predicted octanol–water partition coefficient (Wildman–Crippen LogP) is 9.97. The molecule has 4 rings (SSSR count). The quantitative estimate of drug-likeness (QED) is 0.164. The number of para-hydroxylation sites is 1. The van der Waals surface area contributed by atoms with Crippen LogP contribution in [0.15, 0.2) is 54.6 Å². The molecule has 0 saturated heterocycles. The van der Waals surface area contributed by atoms with Gasteiger partial charge in [0.25, 0.3) is 0 Å². The van der Waals surface area contributed by atoms with Gasteiger partial charge in [-0.1, -0.05) is 132 Å². The van der Waals surface area contributed by atoms with Crippen molar-refractivity contribution in [2.24, 2.45) is 11.8 Å². The van der Waals surface area contributed by atoms with E-state index in [1.54, 1.807) is 0 Å². The van der Waals surface area contributed by atoms with Crippen LogP contribution in [0.5, 0.6) is 0 Å². The first kappa shape index (κ1) is 29.6. The summed E-state index contributed by atoms with van der Waals surface area (Å²) >= 11 is 0. The van der Waals surface area contributed by atoms with Crippen LogP contribution in [0.3, 0.4) is 0 Å². The van der Waals surface area contributed by atoms with Crippen LogP contribution >= 0.6 is 0 Å². The average Bonchev–Trinajstić information content (AvgIpc) is 2.96. The molecule has 0 aliphatic heterocycles. The van der Waals surface area contributed by atoms with E-state index in [9.17, 15) is 0 Å². The Hall–Kier alpha value is -2.42. The first-order valence-electron chi connectivity index (χ1n) is 16.2. The number of nitrogens with zero attached hydrogens (tertiary/aromatic N) is 3. The van der Waals surface area contributed by atoms with Gasteiger partial charge in [-0.3, -0.25) is 0 Å². The van der Waals surface area contributed by atoms with Crippen LogP contribution in [-0.4, -0.2) is 24.1 Å². The largest absolute Gasteiger partial charge is 0.362 e. The van der Waals surface area contributed by atoms with Crippen LogP contribution in [-0.2, 0) is 12.8 Å². The highest BCUT2D eigenvalue weighted by atomic mass is 15.1. The Morgan fingerprint density at radius 3 is 1.82 bits per heavy atom. The Balaban J connectivity index is 0.990. The zero-order valence-corrected chi connectivity index (χ0v) is 24.9. The number of hydrogen-bond donors (Lipinski definition) is 0. The molecule has 0 amide bonds. The van der Waals surface area contributed by atoms with Crippen LogP contribution in [0.4, 0.5) is 5.82 Å². The molecule has 1 aliphatic carbocycles. The number of anilines is 1. The summed E-state index contributed by atoms with van der Waals surface area (Å²) in [6, 6.07) is 19.3. The van der Waals surface area contributed by atoms with E-state index in [1.807, 2.05) is 0 Å². The van der Waals surface area contributed by atoms with E-state index in [0.717, 1.165) is 40.8 Å². The molecule has 0 unspecified atom stereocenters. The number of hydrogen-bond acceptors (Lipinski definition) is 3. The summed E-state index contributed by atoms with van der Waals surface area (Å²) in [5.41, 5.74) is 2.57. The summed E-state index contributed by atoms with van der Waals surface area (Å²) < 4.78 is 0. The smallest absolute Gasteiger partial charge is 0.139 e. The van der Waals surface area contributed by atoms with E-state index in [2.05, 4.69) is 73.6 Å². The van der Waals surface area contributed by atoms with Crippen molar-refractivity contribution < 1.29 is 0 Å². The summed E-state index contributed by atoms with van der Waals surface area (Å²) in [5, 5.41) is 1.15. The lowest BCUT2D eigenvalue weighted by Crippen LogP contribution is -2.15. The fraction of sp³-hybridized carbons (Fsp3) is 0.611. The van der Waals surface area contributed by atoms with E-state index in [-0.39, 0.29) is 0 Å². The Morgan fingerprint density at radius 2 is 1.15 bits per heavy atom. The highest BCUT2D eigenvalue weighted by Gasteiger charge is 2.20. The van der Waals surface area contributed by atoms with Crippen molar-refractivity contribution in [2.75, 3.05) is 19.0 Å². The maximum atomic E-state index is 4.90. The molecule has 39 heavy (non-hydrogen) atoms. The number of rotatable bonds is 17. The molecular weight excluding hydrogens is 474 g/mol. The normalized spacial score (nSPS) is 17.5. The molecule has 212 valence electrons. The molecule has 0 N–H and O–H groups in total. The standard InChI is InChI=1S/C36H53N3/c1-39(2)36-33-23-15-16-24-34(33)37-35(38-36)25-17-22-32-28-26-31(27-29-32)21-12-9-7-5-3-4-6-8-11-18-30-19-13-10-14-20-30/h10,13-16,19-20,23-24,31-32H,3-9,11-12,17-18,21-22,25-29H2,1-2H3. The van der Waals surface area contributed by atoms with Crippen molar-refractivity contribution >= 4 is 16.7 Å². The monoisotopic (exact) mass is 527 g/mol. The van der Waals surface area contributed by atoms with Gasteiger partial charge < -0.3 is 4.90 Å². The maximum absolute atomic E-state index is 4.90. The molecule has 3 nitrogen and oxygen atoms in total. The van der Waals surface area contributed by atoms with Crippen molar-refractivity contribution in [3.63, 3.8) is 0 Å². The second kappa shape index (κ2) is 16.6. The zero-order chi connectivity index (χ0) is 27.1. The van der Waals surface area contributed by atoms with Crippen molar-refractivity contribution in [2.45, 2.75) is 116 Å². The molecule has 0 bridgehead atoms.